The van der Waals surface area contributed by atoms with Gasteiger partial charge in [0.25, 0.3) is 5.69 Å². The minimum atomic E-state index is -0.842. The number of nitrogens with zero attached hydrogens (tertiary/aromatic N) is 3. The average Bonchev–Trinajstić information content (AvgIpc) is 3.17. The minimum Gasteiger partial charge on any atom is -0.386 e. The third-order valence-corrected chi connectivity index (χ3v) is 5.78. The lowest BCUT2D eigenvalue weighted by Crippen LogP contribution is -2.39. The predicted molar refractivity (Wildman–Crippen MR) is 111 cm³/mol. The smallest absolute Gasteiger partial charge is 0.269 e. The van der Waals surface area contributed by atoms with E-state index in [0.29, 0.717) is 5.56 Å². The van der Waals surface area contributed by atoms with Crippen LogP contribution >= 0.6 is 11.8 Å². The van der Waals surface area contributed by atoms with E-state index in [1.807, 2.05) is 18.2 Å². The van der Waals surface area contributed by atoms with E-state index in [0.717, 1.165) is 17.0 Å². The number of hydrogen-bond acceptors (Lipinski definition) is 6. The van der Waals surface area contributed by atoms with Gasteiger partial charge in [-0.1, -0.05) is 30.3 Å². The number of aliphatic hydroxyl groups excluding tert-OH is 1. The van der Waals surface area contributed by atoms with Gasteiger partial charge >= 0.3 is 0 Å². The maximum atomic E-state index is 10.8. The van der Waals surface area contributed by atoms with Gasteiger partial charge in [-0.2, -0.15) is 0 Å². The Morgan fingerprint density at radius 2 is 1.96 bits per heavy atom. The van der Waals surface area contributed by atoms with Crippen LogP contribution in [-0.2, 0) is 0 Å². The van der Waals surface area contributed by atoms with Crippen LogP contribution in [-0.4, -0.2) is 34.1 Å². The monoisotopic (exact) mass is 394 g/mol. The number of nitrogens with one attached hydrogen (secondary N) is 1. The summed E-state index contributed by atoms with van der Waals surface area (Å²) in [6.07, 6.45) is 0.804. The van der Waals surface area contributed by atoms with Crippen molar-refractivity contribution in [3.8, 4) is 0 Å². The topological polar surface area (TPSA) is 100 Å². The Kier molecular flexibility index (Phi) is 5.23. The molecule has 0 fully saturated rings. The fourth-order valence-corrected chi connectivity index (χ4v) is 4.38. The Bertz CT molecular complexity index is 957. The Balaban J connectivity index is 1.52. The van der Waals surface area contributed by atoms with Crippen molar-refractivity contribution >= 4 is 35.2 Å². The van der Waals surface area contributed by atoms with Gasteiger partial charge in [0.15, 0.2) is 0 Å². The molecule has 0 saturated heterocycles. The number of aliphatic imine (C=N–C) groups is 2. The number of aliphatic hydroxyl groups is 1. The first-order valence-electron chi connectivity index (χ1n) is 8.79. The van der Waals surface area contributed by atoms with Crippen LogP contribution < -0.4 is 5.32 Å². The van der Waals surface area contributed by atoms with Crippen molar-refractivity contribution in [1.29, 1.82) is 0 Å². The fourth-order valence-electron chi connectivity index (χ4n) is 3.25. The summed E-state index contributed by atoms with van der Waals surface area (Å²) >= 11 is 1.66. The van der Waals surface area contributed by atoms with Crippen molar-refractivity contribution in [2.45, 2.75) is 11.5 Å². The molecule has 8 heteroatoms. The van der Waals surface area contributed by atoms with Crippen LogP contribution in [0.25, 0.3) is 5.57 Å². The van der Waals surface area contributed by atoms with Crippen LogP contribution in [0.5, 0.6) is 0 Å². The van der Waals surface area contributed by atoms with Crippen molar-refractivity contribution in [1.82, 2.24) is 5.32 Å². The van der Waals surface area contributed by atoms with E-state index in [1.165, 1.54) is 12.1 Å². The Hall–Kier alpha value is -2.97. The molecule has 0 radical (unpaired) electrons. The standard InChI is InChI=1S/C20H18N4O3S/c25-17(14-6-8-15(9-7-14)24(26)27)10-21-19-18-16(13-4-2-1-3-5-13)11-28-20(18)23-12-22-19/h1-9,11-12,17-18,20,25H,10H2,(H,21,22,23)/t17-,18+,20-/m1/s1. The molecule has 28 heavy (non-hydrogen) atoms. The number of nitro groups is 1. The third-order valence-electron chi connectivity index (χ3n) is 4.71. The van der Waals surface area contributed by atoms with Crippen LogP contribution in [0.2, 0.25) is 0 Å². The summed E-state index contributed by atoms with van der Waals surface area (Å²) in [4.78, 5) is 19.4. The van der Waals surface area contributed by atoms with Crippen LogP contribution in [0.15, 0.2) is 70.0 Å². The Morgan fingerprint density at radius 3 is 2.68 bits per heavy atom. The molecule has 2 N–H and O–H groups in total. The van der Waals surface area contributed by atoms with E-state index >= 15 is 0 Å². The molecule has 142 valence electrons. The first kappa shape index (κ1) is 18.4. The van der Waals surface area contributed by atoms with Gasteiger partial charge in [-0.3, -0.25) is 20.1 Å². The Morgan fingerprint density at radius 1 is 1.21 bits per heavy atom. The number of rotatable bonds is 5. The second-order valence-electron chi connectivity index (χ2n) is 6.46. The quantitative estimate of drug-likeness (QED) is 0.598. The third kappa shape index (κ3) is 3.69. The van der Waals surface area contributed by atoms with Crippen molar-refractivity contribution in [3.05, 3.63) is 81.2 Å². The van der Waals surface area contributed by atoms with Crippen molar-refractivity contribution in [3.63, 3.8) is 0 Å². The van der Waals surface area contributed by atoms with E-state index in [1.54, 1.807) is 30.2 Å². The van der Waals surface area contributed by atoms with Gasteiger partial charge in [0, 0.05) is 12.1 Å². The maximum Gasteiger partial charge on any atom is 0.269 e. The summed E-state index contributed by atoms with van der Waals surface area (Å²) < 4.78 is 0. The second-order valence-corrected chi connectivity index (χ2v) is 7.45. The van der Waals surface area contributed by atoms with E-state index in [2.05, 4.69) is 32.8 Å². The lowest BCUT2D eigenvalue weighted by atomic mass is 9.92. The normalized spacial score (nSPS) is 23.0. The highest BCUT2D eigenvalue weighted by Gasteiger charge is 2.36. The van der Waals surface area contributed by atoms with E-state index < -0.39 is 11.0 Å². The molecule has 3 atom stereocenters. The lowest BCUT2D eigenvalue weighted by molar-refractivity contribution is -0.384. The summed E-state index contributed by atoms with van der Waals surface area (Å²) in [7, 11) is 0. The molecule has 0 saturated carbocycles. The summed E-state index contributed by atoms with van der Waals surface area (Å²) in [5.74, 6) is 0.766. The van der Waals surface area contributed by atoms with Crippen LogP contribution in [0.1, 0.15) is 17.2 Å². The number of fused-ring (bicyclic) bond motifs is 1. The van der Waals surface area contributed by atoms with Crippen molar-refractivity contribution in [2.24, 2.45) is 15.9 Å². The second kappa shape index (κ2) is 7.95. The molecule has 4 rings (SSSR count). The van der Waals surface area contributed by atoms with Crippen molar-refractivity contribution in [2.75, 3.05) is 6.54 Å². The van der Waals surface area contributed by atoms with Gasteiger partial charge in [0.05, 0.1) is 29.8 Å². The number of hydrogen-bond donors (Lipinski definition) is 2. The first-order valence-corrected chi connectivity index (χ1v) is 9.73. The SMILES string of the molecule is O=[N+]([O-])c1ccc([C@H](O)CN=C2NC=N[C@@H]3SC=C(c4ccccc4)[C@@H]23)cc1. The number of non-ortho nitro benzene ring substituents is 1. The summed E-state index contributed by atoms with van der Waals surface area (Å²) in [6.45, 7) is 0.157. The zero-order chi connectivity index (χ0) is 19.5. The van der Waals surface area contributed by atoms with Gasteiger partial charge in [-0.05, 0) is 34.2 Å². The molecule has 0 aliphatic carbocycles. The highest BCUT2D eigenvalue weighted by atomic mass is 32.2. The summed E-state index contributed by atoms with van der Waals surface area (Å²) in [6, 6.07) is 16.0. The van der Waals surface area contributed by atoms with Gasteiger partial charge in [-0.25, -0.2) is 0 Å². The lowest BCUT2D eigenvalue weighted by Gasteiger charge is -2.25. The molecule has 0 amide bonds. The number of thioether (sulfide) groups is 1. The maximum absolute atomic E-state index is 10.8. The largest absolute Gasteiger partial charge is 0.386 e. The first-order chi connectivity index (χ1) is 13.6. The van der Waals surface area contributed by atoms with Gasteiger partial charge in [0.2, 0.25) is 0 Å². The molecule has 7 nitrogen and oxygen atoms in total. The number of nitro benzene ring substituents is 1. The molecule has 2 aliphatic rings. The molecule has 2 heterocycles. The van der Waals surface area contributed by atoms with Crippen LogP contribution in [0, 0.1) is 16.0 Å². The summed E-state index contributed by atoms with van der Waals surface area (Å²) in [5.41, 5.74) is 2.88. The van der Waals surface area contributed by atoms with Gasteiger partial charge in [-0.15, -0.1) is 11.8 Å². The zero-order valence-electron chi connectivity index (χ0n) is 14.8. The van der Waals surface area contributed by atoms with Gasteiger partial charge < -0.3 is 10.4 Å². The highest BCUT2D eigenvalue weighted by Crippen LogP contribution is 2.43. The molecule has 0 spiro atoms. The van der Waals surface area contributed by atoms with E-state index in [-0.39, 0.29) is 23.5 Å². The minimum absolute atomic E-state index is 0.00135. The van der Waals surface area contributed by atoms with Crippen molar-refractivity contribution < 1.29 is 10.0 Å². The highest BCUT2D eigenvalue weighted by molar-refractivity contribution is 8.03. The summed E-state index contributed by atoms with van der Waals surface area (Å²) in [5, 5.41) is 26.5. The molecular formula is C20H18N4O3S. The van der Waals surface area contributed by atoms with Crippen LogP contribution in [0.4, 0.5) is 5.69 Å². The Labute approximate surface area is 166 Å². The molecule has 2 aliphatic heterocycles. The molecule has 2 aromatic carbocycles. The molecule has 0 bridgehead atoms. The predicted octanol–water partition coefficient (Wildman–Crippen LogP) is 3.39. The molecule has 0 aromatic heterocycles. The molecule has 2 aromatic rings. The molecular weight excluding hydrogens is 376 g/mol. The fraction of sp³-hybridized carbons (Fsp3) is 0.200. The number of benzene rings is 2. The average molecular weight is 394 g/mol. The molecule has 0 unspecified atom stereocenters. The van der Waals surface area contributed by atoms with Gasteiger partial charge in [0.1, 0.15) is 11.2 Å². The van der Waals surface area contributed by atoms with E-state index in [9.17, 15) is 15.2 Å². The number of amidine groups is 1. The van der Waals surface area contributed by atoms with E-state index in [4.69, 9.17) is 0 Å². The zero-order valence-corrected chi connectivity index (χ0v) is 15.6. The van der Waals surface area contributed by atoms with Crippen LogP contribution in [0.3, 0.4) is 0 Å².